The van der Waals surface area contributed by atoms with E-state index in [4.69, 9.17) is 9.63 Å². The van der Waals surface area contributed by atoms with Gasteiger partial charge in [0.15, 0.2) is 11.5 Å². The molecule has 0 radical (unpaired) electrons. The highest BCUT2D eigenvalue weighted by Crippen LogP contribution is 2.17. The normalized spacial score (nSPS) is 11.7. The molecule has 0 aliphatic rings. The molecule has 2 rings (SSSR count). The van der Waals surface area contributed by atoms with Gasteiger partial charge in [-0.3, -0.25) is 5.10 Å². The van der Waals surface area contributed by atoms with E-state index in [0.717, 1.165) is 0 Å². The Hall–Kier alpha value is -2.27. The van der Waals surface area contributed by atoms with Gasteiger partial charge in [0.25, 0.3) is 0 Å². The van der Waals surface area contributed by atoms with Crippen molar-refractivity contribution in [3.05, 3.63) is 23.1 Å². The number of hydrogen-bond donors (Lipinski definition) is 3. The Morgan fingerprint density at radius 2 is 2.14 bits per heavy atom. The van der Waals surface area contributed by atoms with Gasteiger partial charge < -0.3 is 9.63 Å². The number of nitrogens with zero attached hydrogens (tertiary/aromatic N) is 3. The number of carboxylic acids is 1. The minimum atomic E-state index is -4.00. The van der Waals surface area contributed by atoms with Crippen LogP contribution in [0.2, 0.25) is 0 Å². The first-order valence-corrected chi connectivity index (χ1v) is 7.36. The highest BCUT2D eigenvalue weighted by molar-refractivity contribution is 7.89. The number of carboxylic acid groups (broad SMARTS) is 1. The van der Waals surface area contributed by atoms with Crippen molar-refractivity contribution < 1.29 is 22.8 Å². The third-order valence-corrected chi connectivity index (χ3v) is 4.19. The van der Waals surface area contributed by atoms with Crippen molar-refractivity contribution in [2.45, 2.75) is 25.2 Å². The zero-order valence-corrected chi connectivity index (χ0v) is 12.1. The zero-order valence-electron chi connectivity index (χ0n) is 11.2. The number of aromatic carboxylic acids is 1. The summed E-state index contributed by atoms with van der Waals surface area (Å²) in [5, 5.41) is 18.4. The Balaban J connectivity index is 2.12. The summed E-state index contributed by atoms with van der Waals surface area (Å²) in [7, 11) is -4.00. The van der Waals surface area contributed by atoms with Crippen molar-refractivity contribution in [1.29, 1.82) is 0 Å². The molecule has 0 saturated carbocycles. The van der Waals surface area contributed by atoms with E-state index in [-0.39, 0.29) is 23.6 Å². The van der Waals surface area contributed by atoms with E-state index >= 15 is 0 Å². The van der Waals surface area contributed by atoms with E-state index in [1.54, 1.807) is 6.92 Å². The highest BCUT2D eigenvalue weighted by Gasteiger charge is 2.27. The van der Waals surface area contributed by atoms with Gasteiger partial charge in [0.1, 0.15) is 4.90 Å². The van der Waals surface area contributed by atoms with Crippen molar-refractivity contribution in [2.24, 2.45) is 0 Å². The van der Waals surface area contributed by atoms with Gasteiger partial charge in [0.2, 0.25) is 15.9 Å². The second-order valence-corrected chi connectivity index (χ2v) is 5.91. The van der Waals surface area contributed by atoms with Crippen LogP contribution in [0.5, 0.6) is 0 Å². The van der Waals surface area contributed by atoms with Crippen LogP contribution in [-0.4, -0.2) is 46.4 Å². The Morgan fingerprint density at radius 1 is 1.43 bits per heavy atom. The van der Waals surface area contributed by atoms with Crippen LogP contribution in [0, 0.1) is 13.8 Å². The van der Waals surface area contributed by atoms with E-state index in [1.807, 2.05) is 0 Å². The number of aromatic amines is 1. The molecule has 2 heterocycles. The molecular formula is C10H13N5O5S. The van der Waals surface area contributed by atoms with Crippen LogP contribution in [0.4, 0.5) is 0 Å². The van der Waals surface area contributed by atoms with E-state index in [1.165, 1.54) is 6.92 Å². The molecule has 21 heavy (non-hydrogen) atoms. The van der Waals surface area contributed by atoms with E-state index in [9.17, 15) is 13.2 Å². The molecule has 3 N–H and O–H groups in total. The lowest BCUT2D eigenvalue weighted by atomic mass is 10.4. The molecule has 0 saturated heterocycles. The van der Waals surface area contributed by atoms with Crippen LogP contribution >= 0.6 is 0 Å². The standard InChI is InChI=1S/C10H13N5O5S/c1-5-9(8(10(16)17)14-13-5)21(18,19)11-4-3-7-12-6(2)20-15-7/h11H,3-4H2,1-2H3,(H,13,14)(H,16,17). The predicted octanol–water partition coefficient (Wildman–Crippen LogP) is -0.371. The van der Waals surface area contributed by atoms with Crippen LogP contribution in [0.1, 0.15) is 27.9 Å². The number of H-pyrrole nitrogens is 1. The molecule has 0 fully saturated rings. The van der Waals surface area contributed by atoms with Gasteiger partial charge in [-0.1, -0.05) is 5.16 Å². The number of rotatable bonds is 6. The van der Waals surface area contributed by atoms with Gasteiger partial charge in [-0.2, -0.15) is 10.1 Å². The first-order valence-electron chi connectivity index (χ1n) is 5.88. The summed E-state index contributed by atoms with van der Waals surface area (Å²) in [6, 6.07) is 0. The Labute approximate surface area is 119 Å². The summed E-state index contributed by atoms with van der Waals surface area (Å²) in [4.78, 5) is 14.5. The molecule has 11 heteroatoms. The fraction of sp³-hybridized carbons (Fsp3) is 0.400. The molecule has 10 nitrogen and oxygen atoms in total. The third kappa shape index (κ3) is 3.25. The number of nitrogens with one attached hydrogen (secondary N) is 2. The predicted molar refractivity (Wildman–Crippen MR) is 68.2 cm³/mol. The minimum absolute atomic E-state index is 0.00495. The van der Waals surface area contributed by atoms with Gasteiger partial charge in [0, 0.05) is 19.9 Å². The van der Waals surface area contributed by atoms with Crippen LogP contribution in [-0.2, 0) is 16.4 Å². The fourth-order valence-electron chi connectivity index (χ4n) is 1.70. The SMILES string of the molecule is Cc1nc(CCNS(=O)(=O)c2c(C(=O)O)n[nH]c2C)no1. The second-order valence-electron chi connectivity index (χ2n) is 4.21. The third-order valence-electron chi connectivity index (χ3n) is 2.57. The first kappa shape index (κ1) is 15.1. The maximum atomic E-state index is 12.1. The summed E-state index contributed by atoms with van der Waals surface area (Å²) in [6.07, 6.45) is 0.218. The van der Waals surface area contributed by atoms with E-state index < -0.39 is 21.7 Å². The molecule has 2 aromatic rings. The largest absolute Gasteiger partial charge is 0.476 e. The molecular weight excluding hydrogens is 302 g/mol. The van der Waals surface area contributed by atoms with Crippen molar-refractivity contribution in [2.75, 3.05) is 6.54 Å². The first-order chi connectivity index (χ1) is 9.81. The topological polar surface area (TPSA) is 151 Å². The lowest BCUT2D eigenvalue weighted by Gasteiger charge is -2.05. The molecule has 2 aromatic heterocycles. The highest BCUT2D eigenvalue weighted by atomic mass is 32.2. The second kappa shape index (κ2) is 5.61. The molecule has 0 bridgehead atoms. The average Bonchev–Trinajstić information content (AvgIpc) is 2.95. The van der Waals surface area contributed by atoms with Crippen molar-refractivity contribution in [1.82, 2.24) is 25.1 Å². The summed E-state index contributed by atoms with van der Waals surface area (Å²) < 4.78 is 31.3. The average molecular weight is 315 g/mol. The number of hydrogen-bond acceptors (Lipinski definition) is 7. The summed E-state index contributed by atoms with van der Waals surface area (Å²) in [5.41, 5.74) is -0.397. The molecule has 0 aromatic carbocycles. The van der Waals surface area contributed by atoms with Crippen molar-refractivity contribution in [3.8, 4) is 0 Å². The number of aryl methyl sites for hydroxylation is 2. The monoisotopic (exact) mass is 315 g/mol. The summed E-state index contributed by atoms with van der Waals surface area (Å²) in [6.45, 7) is 3.05. The van der Waals surface area contributed by atoms with Crippen molar-refractivity contribution in [3.63, 3.8) is 0 Å². The van der Waals surface area contributed by atoms with Crippen LogP contribution in [0.25, 0.3) is 0 Å². The number of aromatic nitrogens is 4. The molecule has 0 amide bonds. The fourth-order valence-corrected chi connectivity index (χ4v) is 3.06. The Morgan fingerprint density at radius 3 is 2.71 bits per heavy atom. The number of carbonyl (C=O) groups is 1. The maximum absolute atomic E-state index is 12.1. The quantitative estimate of drug-likeness (QED) is 0.653. The van der Waals surface area contributed by atoms with Gasteiger partial charge in [-0.15, -0.1) is 0 Å². The Bertz CT molecular complexity index is 763. The molecule has 0 atom stereocenters. The summed E-state index contributed by atoms with van der Waals surface area (Å²) >= 11 is 0. The molecule has 0 unspecified atom stereocenters. The lowest BCUT2D eigenvalue weighted by Crippen LogP contribution is -2.28. The minimum Gasteiger partial charge on any atom is -0.476 e. The van der Waals surface area contributed by atoms with Crippen LogP contribution < -0.4 is 4.72 Å². The van der Waals surface area contributed by atoms with Gasteiger partial charge in [0.05, 0.1) is 5.69 Å². The van der Waals surface area contributed by atoms with Crippen LogP contribution in [0.3, 0.4) is 0 Å². The Kier molecular flexibility index (Phi) is 4.04. The maximum Gasteiger partial charge on any atom is 0.357 e. The molecule has 0 aliphatic heterocycles. The van der Waals surface area contributed by atoms with E-state index in [2.05, 4.69) is 25.1 Å². The van der Waals surface area contributed by atoms with Crippen LogP contribution in [0.15, 0.2) is 9.42 Å². The van der Waals surface area contributed by atoms with E-state index in [0.29, 0.717) is 11.7 Å². The number of sulfonamides is 1. The smallest absolute Gasteiger partial charge is 0.357 e. The zero-order chi connectivity index (χ0) is 15.6. The van der Waals surface area contributed by atoms with Crippen molar-refractivity contribution >= 4 is 16.0 Å². The lowest BCUT2D eigenvalue weighted by molar-refractivity contribution is 0.0686. The van der Waals surface area contributed by atoms with Gasteiger partial charge in [-0.25, -0.2) is 17.9 Å². The molecule has 0 spiro atoms. The molecule has 0 aliphatic carbocycles. The van der Waals surface area contributed by atoms with Gasteiger partial charge in [-0.05, 0) is 6.92 Å². The summed E-state index contributed by atoms with van der Waals surface area (Å²) in [5.74, 6) is -0.683. The molecule has 114 valence electrons. The van der Waals surface area contributed by atoms with Gasteiger partial charge >= 0.3 is 5.97 Å².